The van der Waals surface area contributed by atoms with Gasteiger partial charge in [-0.1, -0.05) is 81.8 Å². The predicted octanol–water partition coefficient (Wildman–Crippen LogP) is 6.41. The van der Waals surface area contributed by atoms with Crippen molar-refractivity contribution in [3.05, 3.63) is 73.7 Å². The Balaban J connectivity index is -0.000000273. The van der Waals surface area contributed by atoms with Gasteiger partial charge in [-0.15, -0.1) is 0 Å². The van der Waals surface area contributed by atoms with Crippen molar-refractivity contribution in [3.63, 3.8) is 0 Å². The Bertz CT molecular complexity index is 719. The summed E-state index contributed by atoms with van der Waals surface area (Å²) in [5.41, 5.74) is 12.0. The van der Waals surface area contributed by atoms with Gasteiger partial charge in [-0.3, -0.25) is 9.79 Å². The fourth-order valence-corrected chi connectivity index (χ4v) is 3.04. The van der Waals surface area contributed by atoms with Gasteiger partial charge in [0.05, 0.1) is 5.92 Å². The summed E-state index contributed by atoms with van der Waals surface area (Å²) in [7, 11) is 0. The van der Waals surface area contributed by atoms with Crippen molar-refractivity contribution in [2.75, 3.05) is 6.54 Å². The summed E-state index contributed by atoms with van der Waals surface area (Å²) in [6, 6.07) is 19.5. The maximum absolute atomic E-state index is 12.1. The van der Waals surface area contributed by atoms with E-state index in [-0.39, 0.29) is 59.4 Å². The van der Waals surface area contributed by atoms with Gasteiger partial charge in [0.2, 0.25) is 0 Å². The largest absolute Gasteiger partial charge is 0.426 e. The number of esters is 1. The van der Waals surface area contributed by atoms with Crippen LogP contribution >= 0.6 is 0 Å². The van der Waals surface area contributed by atoms with E-state index in [2.05, 4.69) is 24.0 Å². The van der Waals surface area contributed by atoms with Crippen LogP contribution in [0.2, 0.25) is 0 Å². The third-order valence-corrected chi connectivity index (χ3v) is 4.61. The number of rotatable bonds is 4. The van der Waals surface area contributed by atoms with Gasteiger partial charge in [0.1, 0.15) is 5.75 Å². The molecular formula is C27H46N3O2Y-. The molecule has 1 aliphatic rings. The quantitative estimate of drug-likeness (QED) is 0.156. The van der Waals surface area contributed by atoms with Crippen LogP contribution in [-0.4, -0.2) is 18.5 Å². The zero-order chi connectivity index (χ0) is 23.5. The number of nitrogens with two attached hydrogens (primary N) is 2. The molecule has 5 nitrogen and oxygen atoms in total. The molecule has 0 aromatic heterocycles. The molecule has 1 saturated carbocycles. The Kier molecular flexibility index (Phi) is 25.5. The van der Waals surface area contributed by atoms with Gasteiger partial charge < -0.3 is 23.6 Å². The Morgan fingerprint density at radius 1 is 0.909 bits per heavy atom. The Morgan fingerprint density at radius 2 is 1.36 bits per heavy atom. The molecule has 0 atom stereocenters. The number of nitrogens with zero attached hydrogens (tertiary/aromatic N) is 1. The molecule has 0 aliphatic heterocycles. The third-order valence-electron chi connectivity index (χ3n) is 4.61. The van der Waals surface area contributed by atoms with Gasteiger partial charge in [0.25, 0.3) is 0 Å². The summed E-state index contributed by atoms with van der Waals surface area (Å²) in [6.45, 7) is 10.7. The van der Waals surface area contributed by atoms with Crippen LogP contribution in [0.3, 0.4) is 0 Å². The van der Waals surface area contributed by atoms with Crippen molar-refractivity contribution >= 4 is 11.9 Å². The second kappa shape index (κ2) is 23.4. The first-order valence-electron chi connectivity index (χ1n) is 11.4. The van der Waals surface area contributed by atoms with Gasteiger partial charge in [-0.2, -0.15) is 0 Å². The van der Waals surface area contributed by atoms with E-state index in [4.69, 9.17) is 16.2 Å². The maximum atomic E-state index is 12.1. The summed E-state index contributed by atoms with van der Waals surface area (Å²) in [5.74, 6) is 1.08. The van der Waals surface area contributed by atoms with E-state index in [0.717, 1.165) is 25.7 Å². The van der Waals surface area contributed by atoms with E-state index in [0.29, 0.717) is 18.2 Å². The van der Waals surface area contributed by atoms with Crippen LogP contribution < -0.4 is 16.2 Å². The molecule has 0 unspecified atom stereocenters. The molecule has 2 aromatic carbocycles. The topological polar surface area (TPSA) is 90.7 Å². The molecule has 6 heteroatoms. The molecule has 3 rings (SSSR count). The van der Waals surface area contributed by atoms with Crippen LogP contribution in [0.1, 0.15) is 60.4 Å². The maximum Gasteiger partial charge on any atom is 0.314 e. The number of para-hydroxylation sites is 1. The van der Waals surface area contributed by atoms with Crippen LogP contribution in [0, 0.1) is 26.2 Å². The fourth-order valence-electron chi connectivity index (χ4n) is 3.04. The average Bonchev–Trinajstić information content (AvgIpc) is 2.82. The molecule has 0 amide bonds. The van der Waals surface area contributed by atoms with Crippen molar-refractivity contribution in [3.8, 4) is 5.75 Å². The number of hydrogen-bond donors (Lipinski definition) is 2. The zero-order valence-corrected chi connectivity index (χ0v) is 24.3. The first kappa shape index (κ1) is 35.9. The number of aliphatic imine (C=N–C) groups is 1. The van der Waals surface area contributed by atoms with E-state index in [1.165, 1.54) is 5.56 Å². The molecule has 0 heterocycles. The summed E-state index contributed by atoms with van der Waals surface area (Å²) in [6.07, 6.45) is 3.61. The number of carbonyl (C=O) groups excluding carboxylic acids is 1. The Labute approximate surface area is 229 Å². The van der Waals surface area contributed by atoms with Gasteiger partial charge in [-0.05, 0) is 50.7 Å². The van der Waals surface area contributed by atoms with Gasteiger partial charge in [0, 0.05) is 40.7 Å². The van der Waals surface area contributed by atoms with Crippen LogP contribution in [-0.2, 0) is 37.5 Å². The number of aryl methyl sites for hydroxylation is 1. The molecule has 1 radical (unpaired) electrons. The van der Waals surface area contributed by atoms with E-state index in [1.54, 1.807) is 12.1 Å². The second-order valence-corrected chi connectivity index (χ2v) is 6.87. The summed E-state index contributed by atoms with van der Waals surface area (Å²) >= 11 is 0. The molecule has 1 aliphatic carbocycles. The fraction of sp³-hybridized carbons (Fsp3) is 0.444. The van der Waals surface area contributed by atoms with Gasteiger partial charge >= 0.3 is 5.97 Å². The predicted molar refractivity (Wildman–Crippen MR) is 141 cm³/mol. The molecule has 0 spiro atoms. The zero-order valence-electron chi connectivity index (χ0n) is 21.5. The number of carbonyl (C=O) groups is 1. The van der Waals surface area contributed by atoms with Crippen LogP contribution in [0.5, 0.6) is 5.75 Å². The third kappa shape index (κ3) is 17.4. The average molecular weight is 534 g/mol. The SMILES string of the molecule is CC.CC.Cc1ccccc1.NC(N)=NCC1CCC(C(=O)Oc2ccccc2)CC1.[CH3-].[HH].[Y]. The van der Waals surface area contributed by atoms with E-state index in [9.17, 15) is 4.79 Å². The van der Waals surface area contributed by atoms with E-state index >= 15 is 0 Å². The minimum atomic E-state index is -0.128. The first-order chi connectivity index (χ1) is 15.0. The van der Waals surface area contributed by atoms with Crippen LogP contribution in [0.25, 0.3) is 0 Å². The van der Waals surface area contributed by atoms with Crippen molar-refractivity contribution in [2.24, 2.45) is 28.3 Å². The number of ether oxygens (including phenoxy) is 1. The molecule has 0 saturated heterocycles. The summed E-state index contributed by atoms with van der Waals surface area (Å²) < 4.78 is 5.38. The van der Waals surface area contributed by atoms with Crippen molar-refractivity contribution in [2.45, 2.75) is 60.3 Å². The normalized spacial score (nSPS) is 15.5. The molecule has 185 valence electrons. The summed E-state index contributed by atoms with van der Waals surface area (Å²) in [5, 5.41) is 0. The molecule has 4 N–H and O–H groups in total. The van der Waals surface area contributed by atoms with Crippen molar-refractivity contribution in [1.82, 2.24) is 0 Å². The number of hydrogen-bond acceptors (Lipinski definition) is 3. The number of guanidine groups is 1. The van der Waals surface area contributed by atoms with Crippen molar-refractivity contribution < 1.29 is 43.7 Å². The smallest absolute Gasteiger partial charge is 0.314 e. The minimum Gasteiger partial charge on any atom is -0.426 e. The second-order valence-electron chi connectivity index (χ2n) is 6.87. The minimum absolute atomic E-state index is 0. The van der Waals surface area contributed by atoms with E-state index < -0.39 is 0 Å². The molecular weight excluding hydrogens is 487 g/mol. The van der Waals surface area contributed by atoms with Gasteiger partial charge in [0.15, 0.2) is 5.96 Å². The molecule has 0 bridgehead atoms. The van der Waals surface area contributed by atoms with E-state index in [1.807, 2.05) is 64.1 Å². The monoisotopic (exact) mass is 533 g/mol. The summed E-state index contributed by atoms with van der Waals surface area (Å²) in [4.78, 5) is 16.1. The Hall–Kier alpha value is -1.72. The molecule has 2 aromatic rings. The van der Waals surface area contributed by atoms with Crippen LogP contribution in [0.4, 0.5) is 0 Å². The van der Waals surface area contributed by atoms with Crippen molar-refractivity contribution in [1.29, 1.82) is 0 Å². The number of benzene rings is 2. The molecule has 33 heavy (non-hydrogen) atoms. The Morgan fingerprint density at radius 3 is 1.76 bits per heavy atom. The standard InChI is InChI=1S/C15H21N3O2.C7H8.2C2H6.CH3.Y.H2/c16-15(17)18-10-11-6-8-12(9-7-11)14(19)20-13-4-2-1-3-5-13;1-7-5-3-2-4-6-7;2*1-2;;;/h1-5,11-12H,6-10H2,(H4,16,17,18);2-6H,1H3;2*1-2H3;1H3;;1H/q;;;;-1;;. The van der Waals surface area contributed by atoms with Gasteiger partial charge in [-0.25, -0.2) is 0 Å². The van der Waals surface area contributed by atoms with Crippen LogP contribution in [0.15, 0.2) is 65.7 Å². The molecule has 1 fully saturated rings. The first-order valence-corrected chi connectivity index (χ1v) is 11.4.